The van der Waals surface area contributed by atoms with Crippen molar-refractivity contribution >= 4 is 75.9 Å². The van der Waals surface area contributed by atoms with Gasteiger partial charge >= 0.3 is 5.63 Å². The van der Waals surface area contributed by atoms with Crippen LogP contribution in [-0.2, 0) is 0 Å². The van der Waals surface area contributed by atoms with Gasteiger partial charge in [0.15, 0.2) is 0 Å². The molecule has 0 amide bonds. The zero-order valence-corrected chi connectivity index (χ0v) is 21.4. The summed E-state index contributed by atoms with van der Waals surface area (Å²) >= 11 is 0. The molecular weight excluding hydrogens is 490 g/mol. The van der Waals surface area contributed by atoms with Gasteiger partial charge in [-0.3, -0.25) is 0 Å². The molecule has 0 atom stereocenters. The fourth-order valence-corrected chi connectivity index (χ4v) is 6.65. The largest absolute Gasteiger partial charge is 0.422 e. The zero-order chi connectivity index (χ0) is 26.4. The van der Waals surface area contributed by atoms with Crippen molar-refractivity contribution in [2.75, 3.05) is 0 Å². The van der Waals surface area contributed by atoms with Crippen molar-refractivity contribution in [3.8, 4) is 5.69 Å². The first-order chi connectivity index (χ1) is 19.8. The maximum atomic E-state index is 12.9. The highest BCUT2D eigenvalue weighted by Gasteiger charge is 2.17. The summed E-state index contributed by atoms with van der Waals surface area (Å²) in [5.41, 5.74) is 3.48. The molecule has 2 heterocycles. The lowest BCUT2D eigenvalue weighted by atomic mass is 9.94. The molecule has 9 aromatic rings. The highest BCUT2D eigenvalue weighted by Crippen LogP contribution is 2.39. The SMILES string of the molecule is O=c1oc2cc3c(cc2c2ccccc12)c1ccccc1n3-c1ccc2c3ccccc3c3ccccc3c2c1. The van der Waals surface area contributed by atoms with Crippen LogP contribution in [0.3, 0.4) is 0 Å². The number of para-hydroxylation sites is 1. The summed E-state index contributed by atoms with van der Waals surface area (Å²) in [6.07, 6.45) is 0. The van der Waals surface area contributed by atoms with E-state index in [-0.39, 0.29) is 5.63 Å². The summed E-state index contributed by atoms with van der Waals surface area (Å²) in [7, 11) is 0. The van der Waals surface area contributed by atoms with Crippen molar-refractivity contribution in [3.05, 3.63) is 138 Å². The van der Waals surface area contributed by atoms with E-state index in [1.165, 1.54) is 32.3 Å². The van der Waals surface area contributed by atoms with Crippen molar-refractivity contribution in [1.82, 2.24) is 4.57 Å². The van der Waals surface area contributed by atoms with E-state index in [9.17, 15) is 4.79 Å². The van der Waals surface area contributed by atoms with E-state index in [1.807, 2.05) is 30.3 Å². The van der Waals surface area contributed by atoms with Crippen LogP contribution in [0.1, 0.15) is 0 Å². The summed E-state index contributed by atoms with van der Waals surface area (Å²) in [6.45, 7) is 0. The molecule has 0 aliphatic rings. The van der Waals surface area contributed by atoms with Crippen molar-refractivity contribution in [1.29, 1.82) is 0 Å². The molecule has 0 bridgehead atoms. The summed E-state index contributed by atoms with van der Waals surface area (Å²) in [4.78, 5) is 12.9. The van der Waals surface area contributed by atoms with Crippen LogP contribution in [0.5, 0.6) is 0 Å². The molecule has 0 saturated heterocycles. The van der Waals surface area contributed by atoms with Crippen LogP contribution in [-0.4, -0.2) is 4.57 Å². The van der Waals surface area contributed by atoms with Gasteiger partial charge in [0.1, 0.15) is 5.58 Å². The van der Waals surface area contributed by atoms with E-state index < -0.39 is 0 Å². The molecule has 0 aliphatic carbocycles. The minimum atomic E-state index is -0.311. The second kappa shape index (κ2) is 7.81. The summed E-state index contributed by atoms with van der Waals surface area (Å²) < 4.78 is 8.17. The van der Waals surface area contributed by atoms with Crippen molar-refractivity contribution in [2.45, 2.75) is 0 Å². The first kappa shape index (κ1) is 21.5. The summed E-state index contributed by atoms with van der Waals surface area (Å²) in [5.74, 6) is 0. The standard InChI is InChI=1S/C37H21NO2/c39-37-30-15-6-5-13-27(30)33-20-32-29-14-7-8-16-34(29)38(35(32)21-36(33)40-37)22-17-18-28-25-11-2-1-9-23(25)24-10-3-4-12-26(24)31(28)19-22/h1-21H. The third kappa shape index (κ3) is 2.81. The predicted octanol–water partition coefficient (Wildman–Crippen LogP) is 9.50. The van der Waals surface area contributed by atoms with Crippen molar-refractivity contribution in [2.24, 2.45) is 0 Å². The minimum absolute atomic E-state index is 0.311. The molecule has 0 unspecified atom stereocenters. The number of rotatable bonds is 1. The molecule has 40 heavy (non-hydrogen) atoms. The van der Waals surface area contributed by atoms with E-state index in [1.54, 1.807) is 0 Å². The topological polar surface area (TPSA) is 35.1 Å². The summed E-state index contributed by atoms with van der Waals surface area (Å²) in [5, 5.41) is 12.2. The number of aromatic nitrogens is 1. The molecule has 2 aromatic heterocycles. The first-order valence-electron chi connectivity index (χ1n) is 13.5. The van der Waals surface area contributed by atoms with Gasteiger partial charge in [-0.1, -0.05) is 91.0 Å². The van der Waals surface area contributed by atoms with Gasteiger partial charge < -0.3 is 8.98 Å². The third-order valence-corrected chi connectivity index (χ3v) is 8.40. The molecule has 0 N–H and O–H groups in total. The van der Waals surface area contributed by atoms with Gasteiger partial charge in [-0.25, -0.2) is 4.79 Å². The maximum absolute atomic E-state index is 12.9. The van der Waals surface area contributed by atoms with Crippen LogP contribution in [0.25, 0.3) is 81.6 Å². The average Bonchev–Trinajstić information content (AvgIpc) is 3.33. The summed E-state index contributed by atoms with van der Waals surface area (Å²) in [6, 6.07) is 44.4. The molecule has 9 rings (SSSR count). The Bertz CT molecular complexity index is 2530. The Morgan fingerprint density at radius 3 is 1.60 bits per heavy atom. The van der Waals surface area contributed by atoms with Crippen molar-refractivity contribution in [3.63, 3.8) is 0 Å². The average molecular weight is 512 g/mol. The number of hydrogen-bond acceptors (Lipinski definition) is 2. The molecule has 0 saturated carbocycles. The number of fused-ring (bicyclic) bond motifs is 12. The maximum Gasteiger partial charge on any atom is 0.344 e. The minimum Gasteiger partial charge on any atom is -0.422 e. The highest BCUT2D eigenvalue weighted by molar-refractivity contribution is 6.26. The Hall–Kier alpha value is -5.41. The molecule has 7 aromatic carbocycles. The molecule has 0 aliphatic heterocycles. The fourth-order valence-electron chi connectivity index (χ4n) is 6.65. The lowest BCUT2D eigenvalue weighted by molar-refractivity contribution is 0.570. The number of nitrogens with zero attached hydrogens (tertiary/aromatic N) is 1. The Balaban J connectivity index is 1.44. The van der Waals surface area contributed by atoms with Crippen LogP contribution in [0.4, 0.5) is 0 Å². The lowest BCUT2D eigenvalue weighted by Crippen LogP contribution is -2.00. The van der Waals surface area contributed by atoms with E-state index in [2.05, 4.69) is 102 Å². The molecule has 0 fully saturated rings. The second-order valence-electron chi connectivity index (χ2n) is 10.5. The quantitative estimate of drug-likeness (QED) is 0.162. The van der Waals surface area contributed by atoms with Gasteiger partial charge in [0.05, 0.1) is 16.4 Å². The Morgan fingerprint density at radius 1 is 0.400 bits per heavy atom. The van der Waals surface area contributed by atoms with Crippen LogP contribution in [0.15, 0.2) is 137 Å². The van der Waals surface area contributed by atoms with Gasteiger partial charge in [-0.05, 0) is 68.0 Å². The predicted molar refractivity (Wildman–Crippen MR) is 167 cm³/mol. The van der Waals surface area contributed by atoms with E-state index in [4.69, 9.17) is 4.42 Å². The highest BCUT2D eigenvalue weighted by atomic mass is 16.4. The number of benzene rings is 7. The molecule has 3 nitrogen and oxygen atoms in total. The van der Waals surface area contributed by atoms with Gasteiger partial charge in [-0.15, -0.1) is 0 Å². The molecular formula is C37H21NO2. The van der Waals surface area contributed by atoms with Crippen LogP contribution in [0, 0.1) is 0 Å². The van der Waals surface area contributed by atoms with Crippen molar-refractivity contribution < 1.29 is 4.42 Å². The second-order valence-corrected chi connectivity index (χ2v) is 10.5. The van der Waals surface area contributed by atoms with Crippen LogP contribution >= 0.6 is 0 Å². The lowest BCUT2D eigenvalue weighted by Gasteiger charge is -2.14. The van der Waals surface area contributed by atoms with E-state index in [0.717, 1.165) is 38.3 Å². The molecule has 0 radical (unpaired) electrons. The Labute approximate surface area is 228 Å². The third-order valence-electron chi connectivity index (χ3n) is 8.40. The zero-order valence-electron chi connectivity index (χ0n) is 21.4. The smallest absolute Gasteiger partial charge is 0.344 e. The molecule has 3 heteroatoms. The molecule has 0 spiro atoms. The van der Waals surface area contributed by atoms with Gasteiger partial charge in [-0.2, -0.15) is 0 Å². The first-order valence-corrected chi connectivity index (χ1v) is 13.5. The van der Waals surface area contributed by atoms with E-state index >= 15 is 0 Å². The van der Waals surface area contributed by atoms with Crippen LogP contribution < -0.4 is 5.63 Å². The monoisotopic (exact) mass is 511 g/mol. The van der Waals surface area contributed by atoms with Gasteiger partial charge in [0, 0.05) is 27.9 Å². The van der Waals surface area contributed by atoms with E-state index in [0.29, 0.717) is 11.0 Å². The Kier molecular flexibility index (Phi) is 4.20. The number of hydrogen-bond donors (Lipinski definition) is 0. The molecule has 186 valence electrons. The van der Waals surface area contributed by atoms with Gasteiger partial charge in [0.25, 0.3) is 0 Å². The fraction of sp³-hybridized carbons (Fsp3) is 0. The van der Waals surface area contributed by atoms with Crippen LogP contribution in [0.2, 0.25) is 0 Å². The van der Waals surface area contributed by atoms with Gasteiger partial charge in [0.2, 0.25) is 0 Å². The normalized spacial score (nSPS) is 12.1. The Morgan fingerprint density at radius 2 is 0.925 bits per heavy atom.